The van der Waals surface area contributed by atoms with Crippen LogP contribution in [0, 0.1) is 5.41 Å². The molecule has 0 heterocycles. The van der Waals surface area contributed by atoms with E-state index in [1.165, 1.54) is 18.2 Å². The van der Waals surface area contributed by atoms with Gasteiger partial charge in [-0.25, -0.2) is 0 Å². The van der Waals surface area contributed by atoms with E-state index < -0.39 is 32.9 Å². The van der Waals surface area contributed by atoms with Crippen molar-refractivity contribution >= 4 is 32.1 Å². The number of nitrogens with two attached hydrogens (primary N) is 1. The maximum Gasteiger partial charge on any atom is 0.265 e. The molecule has 1 rings (SSSR count). The smallest absolute Gasteiger partial charge is 0.265 e. The average molecular weight is 336 g/mol. The molecule has 0 amide bonds. The second-order valence-corrected chi connectivity index (χ2v) is 7.55. The van der Waals surface area contributed by atoms with E-state index in [1.807, 2.05) is 0 Å². The number of hydrogen-bond donors (Lipinski definition) is 2. The summed E-state index contributed by atoms with van der Waals surface area (Å²) in [6, 6.07) is 4.39. The highest BCUT2D eigenvalue weighted by Crippen LogP contribution is 2.24. The molecule has 0 aliphatic heterocycles. The summed E-state index contributed by atoms with van der Waals surface area (Å²) >= 11 is 0. The van der Waals surface area contributed by atoms with Gasteiger partial charge in [0.15, 0.2) is 0 Å². The SMILES string of the molecule is CS(=O)(=O)OC[C@@H](OS(C)(=O)=O)c1ccc(C=N)c(N)c1. The summed E-state index contributed by atoms with van der Waals surface area (Å²) in [4.78, 5) is 0. The standard InChI is InChI=1S/C11H16N2O6S2/c1-20(14,15)18-7-11(19-21(2,16)17)8-3-4-9(6-12)10(13)5-8/h3-6,11-12H,7,13H2,1-2H3/t11-/m1/s1. The van der Waals surface area contributed by atoms with Crippen LogP contribution in [0.4, 0.5) is 5.69 Å². The zero-order chi connectivity index (χ0) is 16.3. The molecule has 0 fully saturated rings. The second kappa shape index (κ2) is 6.52. The Kier molecular flexibility index (Phi) is 5.45. The number of nitrogens with one attached hydrogen (secondary N) is 1. The zero-order valence-electron chi connectivity index (χ0n) is 11.4. The molecule has 10 heteroatoms. The van der Waals surface area contributed by atoms with Crippen molar-refractivity contribution in [3.63, 3.8) is 0 Å². The van der Waals surface area contributed by atoms with Crippen molar-refractivity contribution in [1.29, 1.82) is 5.41 Å². The maximum atomic E-state index is 11.3. The van der Waals surface area contributed by atoms with Gasteiger partial charge in [0.1, 0.15) is 6.10 Å². The number of anilines is 1. The normalized spacial score (nSPS) is 13.8. The van der Waals surface area contributed by atoms with E-state index in [4.69, 9.17) is 15.3 Å². The highest BCUT2D eigenvalue weighted by Gasteiger charge is 2.21. The Balaban J connectivity index is 3.11. The van der Waals surface area contributed by atoms with Crippen molar-refractivity contribution in [2.45, 2.75) is 6.10 Å². The minimum absolute atomic E-state index is 0.240. The Labute approximate surface area is 123 Å². The molecule has 1 aromatic carbocycles. The first-order chi connectivity index (χ1) is 9.52. The molecular formula is C11H16N2O6S2. The maximum absolute atomic E-state index is 11.3. The molecule has 0 aliphatic carbocycles. The minimum Gasteiger partial charge on any atom is -0.398 e. The summed E-state index contributed by atoms with van der Waals surface area (Å²) in [5.74, 6) is 0. The van der Waals surface area contributed by atoms with Gasteiger partial charge < -0.3 is 11.1 Å². The molecule has 0 aliphatic rings. The van der Waals surface area contributed by atoms with Gasteiger partial charge in [0, 0.05) is 17.5 Å². The second-order valence-electron chi connectivity index (χ2n) is 4.31. The van der Waals surface area contributed by atoms with Crippen LogP contribution in [-0.2, 0) is 28.6 Å². The first-order valence-electron chi connectivity index (χ1n) is 5.64. The fourth-order valence-corrected chi connectivity index (χ4v) is 2.46. The average Bonchev–Trinajstić information content (AvgIpc) is 2.32. The van der Waals surface area contributed by atoms with Gasteiger partial charge in [0.2, 0.25) is 0 Å². The molecule has 118 valence electrons. The topological polar surface area (TPSA) is 137 Å². The van der Waals surface area contributed by atoms with Gasteiger partial charge in [0.25, 0.3) is 20.2 Å². The molecule has 0 radical (unpaired) electrons. The summed E-state index contributed by atoms with van der Waals surface area (Å²) in [6.07, 6.45) is 1.57. The lowest BCUT2D eigenvalue weighted by Gasteiger charge is -2.17. The summed E-state index contributed by atoms with van der Waals surface area (Å²) in [6.45, 7) is -0.505. The molecule has 8 nitrogen and oxygen atoms in total. The molecule has 1 aromatic rings. The molecule has 0 saturated heterocycles. The van der Waals surface area contributed by atoms with Crippen molar-refractivity contribution < 1.29 is 25.2 Å². The van der Waals surface area contributed by atoms with Gasteiger partial charge >= 0.3 is 0 Å². The third kappa shape index (κ3) is 6.21. The molecule has 0 unspecified atom stereocenters. The molecular weight excluding hydrogens is 320 g/mol. The van der Waals surface area contributed by atoms with Crippen LogP contribution in [-0.4, -0.2) is 42.2 Å². The molecule has 0 spiro atoms. The van der Waals surface area contributed by atoms with Crippen LogP contribution < -0.4 is 5.73 Å². The molecule has 0 bridgehead atoms. The molecule has 21 heavy (non-hydrogen) atoms. The summed E-state index contributed by atoms with van der Waals surface area (Å²) < 4.78 is 53.9. The lowest BCUT2D eigenvalue weighted by molar-refractivity contribution is 0.141. The van der Waals surface area contributed by atoms with Gasteiger partial charge in [-0.15, -0.1) is 0 Å². The fraction of sp³-hybridized carbons (Fsp3) is 0.364. The highest BCUT2D eigenvalue weighted by molar-refractivity contribution is 7.86. The van der Waals surface area contributed by atoms with Crippen LogP contribution in [0.1, 0.15) is 17.2 Å². The Bertz CT molecular complexity index is 727. The van der Waals surface area contributed by atoms with E-state index in [9.17, 15) is 16.8 Å². The van der Waals surface area contributed by atoms with Crippen molar-refractivity contribution in [1.82, 2.24) is 0 Å². The quantitative estimate of drug-likeness (QED) is 0.414. The van der Waals surface area contributed by atoms with E-state index in [-0.39, 0.29) is 5.69 Å². The molecule has 0 aromatic heterocycles. The predicted molar refractivity (Wildman–Crippen MR) is 78.2 cm³/mol. The van der Waals surface area contributed by atoms with Crippen molar-refractivity contribution in [2.75, 3.05) is 24.9 Å². The van der Waals surface area contributed by atoms with Gasteiger partial charge in [-0.2, -0.15) is 16.8 Å². The predicted octanol–water partition coefficient (Wildman–Crippen LogP) is 0.260. The van der Waals surface area contributed by atoms with Crippen LogP contribution in [0.3, 0.4) is 0 Å². The first-order valence-corrected chi connectivity index (χ1v) is 9.27. The van der Waals surface area contributed by atoms with Crippen LogP contribution in [0.5, 0.6) is 0 Å². The number of hydrogen-bond acceptors (Lipinski definition) is 8. The van der Waals surface area contributed by atoms with Crippen molar-refractivity contribution in [2.24, 2.45) is 0 Å². The van der Waals surface area contributed by atoms with Crippen LogP contribution >= 0.6 is 0 Å². The molecule has 1 atom stereocenters. The van der Waals surface area contributed by atoms with Gasteiger partial charge in [-0.05, 0) is 11.6 Å². The monoisotopic (exact) mass is 336 g/mol. The van der Waals surface area contributed by atoms with E-state index in [1.54, 1.807) is 0 Å². The van der Waals surface area contributed by atoms with Gasteiger partial charge in [-0.3, -0.25) is 8.37 Å². The van der Waals surface area contributed by atoms with Gasteiger partial charge in [0.05, 0.1) is 19.1 Å². The van der Waals surface area contributed by atoms with Crippen LogP contribution in [0.25, 0.3) is 0 Å². The number of rotatable bonds is 7. The minimum atomic E-state index is -3.83. The Morgan fingerprint density at radius 3 is 2.29 bits per heavy atom. The van der Waals surface area contributed by atoms with E-state index >= 15 is 0 Å². The van der Waals surface area contributed by atoms with Crippen LogP contribution in [0.15, 0.2) is 18.2 Å². The van der Waals surface area contributed by atoms with Crippen molar-refractivity contribution in [3.05, 3.63) is 29.3 Å². The lowest BCUT2D eigenvalue weighted by atomic mass is 10.1. The molecule has 0 saturated carbocycles. The van der Waals surface area contributed by atoms with E-state index in [0.29, 0.717) is 11.1 Å². The third-order valence-electron chi connectivity index (χ3n) is 2.36. The molecule has 3 N–H and O–H groups in total. The highest BCUT2D eigenvalue weighted by atomic mass is 32.2. The van der Waals surface area contributed by atoms with Crippen molar-refractivity contribution in [3.8, 4) is 0 Å². The summed E-state index contributed by atoms with van der Waals surface area (Å²) in [7, 11) is -7.58. The van der Waals surface area contributed by atoms with Gasteiger partial charge in [-0.1, -0.05) is 12.1 Å². The Morgan fingerprint density at radius 1 is 1.24 bits per heavy atom. The summed E-state index contributed by atoms with van der Waals surface area (Å²) in [5.41, 5.74) is 6.71. The van der Waals surface area contributed by atoms with E-state index in [0.717, 1.165) is 18.7 Å². The largest absolute Gasteiger partial charge is 0.398 e. The zero-order valence-corrected chi connectivity index (χ0v) is 13.1. The summed E-state index contributed by atoms with van der Waals surface area (Å²) in [5, 5.41) is 7.13. The first kappa shape index (κ1) is 17.6. The fourth-order valence-electron chi connectivity index (χ4n) is 1.50. The van der Waals surface area contributed by atoms with Crippen LogP contribution in [0.2, 0.25) is 0 Å². The van der Waals surface area contributed by atoms with E-state index in [2.05, 4.69) is 4.18 Å². The Morgan fingerprint density at radius 2 is 1.86 bits per heavy atom. The number of benzene rings is 1. The Hall–Kier alpha value is -1.49. The third-order valence-corrected chi connectivity index (χ3v) is 3.51. The number of nitrogen functional groups attached to an aromatic ring is 1. The lowest BCUT2D eigenvalue weighted by Crippen LogP contribution is -2.18.